The van der Waals surface area contributed by atoms with Crippen LogP contribution >= 0.6 is 0 Å². The largest absolute Gasteiger partial charge is 0.392 e. The number of aliphatic hydroxyl groups excluding tert-OH is 1. The van der Waals surface area contributed by atoms with Crippen LogP contribution in [-0.4, -0.2) is 43.4 Å². The maximum Gasteiger partial charge on any atom is 0.164 e. The van der Waals surface area contributed by atoms with Crippen LogP contribution in [0, 0.1) is 45.3 Å². The van der Waals surface area contributed by atoms with E-state index in [1.165, 1.54) is 24.8 Å². The van der Waals surface area contributed by atoms with Crippen molar-refractivity contribution in [2.75, 3.05) is 14.2 Å². The third-order valence-corrected chi connectivity index (χ3v) is 12.8. The van der Waals surface area contributed by atoms with Crippen LogP contribution in [0.3, 0.4) is 0 Å². The summed E-state index contributed by atoms with van der Waals surface area (Å²) in [6.45, 7) is 16.4. The van der Waals surface area contributed by atoms with Gasteiger partial charge in [0.25, 0.3) is 0 Å². The average Bonchev–Trinajstić information content (AvgIpc) is 3.19. The van der Waals surface area contributed by atoms with Gasteiger partial charge in [0.05, 0.1) is 12.2 Å². The molecule has 2 bridgehead atoms. The number of methoxy groups -OCH3 is 2. The third-order valence-electron chi connectivity index (χ3n) is 12.8. The summed E-state index contributed by atoms with van der Waals surface area (Å²) >= 11 is 0. The minimum Gasteiger partial charge on any atom is -0.392 e. The molecule has 1 saturated heterocycles. The van der Waals surface area contributed by atoms with Crippen LogP contribution in [-0.2, 0) is 14.2 Å². The van der Waals surface area contributed by atoms with Gasteiger partial charge < -0.3 is 19.3 Å². The molecule has 0 radical (unpaired) electrons. The summed E-state index contributed by atoms with van der Waals surface area (Å²) < 4.78 is 19.1. The molecule has 4 nitrogen and oxygen atoms in total. The van der Waals surface area contributed by atoms with Gasteiger partial charge in [0.1, 0.15) is 5.60 Å². The van der Waals surface area contributed by atoms with E-state index >= 15 is 0 Å². The van der Waals surface area contributed by atoms with Crippen molar-refractivity contribution in [3.63, 3.8) is 0 Å². The lowest BCUT2D eigenvalue weighted by Gasteiger charge is -2.65. The van der Waals surface area contributed by atoms with E-state index in [4.69, 9.17) is 14.2 Å². The van der Waals surface area contributed by atoms with Crippen molar-refractivity contribution in [2.24, 2.45) is 45.3 Å². The maximum atomic E-state index is 11.1. The van der Waals surface area contributed by atoms with Gasteiger partial charge in [-0.05, 0) is 87.4 Å². The molecule has 4 fully saturated rings. The molecule has 1 unspecified atom stereocenters. The first-order valence-corrected chi connectivity index (χ1v) is 14.6. The zero-order valence-electron chi connectivity index (χ0n) is 24.4. The number of aliphatic hydroxyl groups is 1. The lowest BCUT2D eigenvalue weighted by atomic mass is 9.38. The van der Waals surface area contributed by atoms with Crippen LogP contribution in [0.5, 0.6) is 0 Å². The molecule has 5 rings (SSSR count). The minimum absolute atomic E-state index is 0.00950. The summed E-state index contributed by atoms with van der Waals surface area (Å²) in [5, 5.41) is 11.1. The van der Waals surface area contributed by atoms with Crippen molar-refractivity contribution in [2.45, 2.75) is 118 Å². The molecule has 4 heteroatoms. The van der Waals surface area contributed by atoms with Gasteiger partial charge in [-0.2, -0.15) is 0 Å². The predicted octanol–water partition coefficient (Wildman–Crippen LogP) is 6.92. The van der Waals surface area contributed by atoms with E-state index in [2.05, 4.69) is 66.7 Å². The Labute approximate surface area is 220 Å². The maximum absolute atomic E-state index is 11.1. The van der Waals surface area contributed by atoms with Crippen LogP contribution < -0.4 is 0 Å². The van der Waals surface area contributed by atoms with E-state index in [1.807, 2.05) is 14.2 Å². The Morgan fingerprint density at radius 1 is 1.06 bits per heavy atom. The topological polar surface area (TPSA) is 47.9 Å². The van der Waals surface area contributed by atoms with Gasteiger partial charge in [-0.1, -0.05) is 58.4 Å². The van der Waals surface area contributed by atoms with Gasteiger partial charge in [-0.3, -0.25) is 0 Å². The van der Waals surface area contributed by atoms with Gasteiger partial charge in [-0.15, -0.1) is 0 Å². The van der Waals surface area contributed by atoms with E-state index in [0.717, 1.165) is 25.7 Å². The molecule has 5 aliphatic rings. The van der Waals surface area contributed by atoms with Crippen LogP contribution in [0.15, 0.2) is 23.8 Å². The Bertz CT molecular complexity index is 919. The highest BCUT2D eigenvalue weighted by Gasteiger charge is 2.78. The lowest BCUT2D eigenvalue weighted by molar-refractivity contribution is -0.225. The molecule has 0 amide bonds. The highest BCUT2D eigenvalue weighted by molar-refractivity contribution is 5.34. The third kappa shape index (κ3) is 3.20. The normalized spacial score (nSPS) is 50.1. The lowest BCUT2D eigenvalue weighted by Crippen LogP contribution is -2.65. The van der Waals surface area contributed by atoms with Gasteiger partial charge in [-0.25, -0.2) is 0 Å². The van der Waals surface area contributed by atoms with E-state index in [9.17, 15) is 5.11 Å². The smallest absolute Gasteiger partial charge is 0.164 e. The molecular weight excluding hydrogens is 448 g/mol. The molecule has 0 aromatic rings. The molecule has 0 aromatic carbocycles. The predicted molar refractivity (Wildman–Crippen MR) is 144 cm³/mol. The zero-order chi connectivity index (χ0) is 26.3. The van der Waals surface area contributed by atoms with Crippen LogP contribution in [0.2, 0.25) is 0 Å². The first-order valence-electron chi connectivity index (χ1n) is 14.6. The SMILES string of the molecule is CO[C@@H]1O[C@]23C=C[C@@H]4C1(CC[C@]1(C)[C@@H]([C@H](C)C[C@@H](C=C(C)C)OC)CC[C@@]41C)[C@@H]2CC[C@H](O)C3(C)C. The Morgan fingerprint density at radius 2 is 1.78 bits per heavy atom. The highest BCUT2D eigenvalue weighted by atomic mass is 16.7. The van der Waals surface area contributed by atoms with E-state index in [1.54, 1.807) is 0 Å². The first kappa shape index (κ1) is 26.9. The fourth-order valence-electron chi connectivity index (χ4n) is 10.6. The number of allylic oxidation sites excluding steroid dienone is 2. The van der Waals surface area contributed by atoms with E-state index < -0.39 is 5.60 Å². The summed E-state index contributed by atoms with van der Waals surface area (Å²) in [5.41, 5.74) is 1.04. The molecule has 0 aromatic heterocycles. The molecule has 1 aliphatic heterocycles. The molecule has 36 heavy (non-hydrogen) atoms. The fourth-order valence-corrected chi connectivity index (χ4v) is 10.6. The Kier molecular flexibility index (Phi) is 6.48. The monoisotopic (exact) mass is 500 g/mol. The second-order valence-electron chi connectivity index (χ2n) is 14.5. The molecule has 1 heterocycles. The van der Waals surface area contributed by atoms with Gasteiger partial charge in [0.2, 0.25) is 0 Å². The summed E-state index contributed by atoms with van der Waals surface area (Å²) in [7, 11) is 3.70. The van der Waals surface area contributed by atoms with E-state index in [-0.39, 0.29) is 40.2 Å². The standard InChI is InChI=1S/C32H52O4/c1-20(2)18-22(34-8)19-21(3)23-12-14-30(7)24-13-15-32-25(10-11-26(33)28(32,4)5)31(24,27(35-9)36-32)17-16-29(23,30)6/h13,15,18,21-27,33H,10-12,14,16-17,19H2,1-9H3/t21-,22-,23-,24+,25+,26+,27-,29-,30+,31?,32-/m1/s1. The molecule has 11 atom stereocenters. The Morgan fingerprint density at radius 3 is 2.42 bits per heavy atom. The van der Waals surface area contributed by atoms with Crippen LogP contribution in [0.1, 0.15) is 93.4 Å². The van der Waals surface area contributed by atoms with Gasteiger partial charge in [0, 0.05) is 31.0 Å². The quantitative estimate of drug-likeness (QED) is 0.402. The van der Waals surface area contributed by atoms with Crippen molar-refractivity contribution in [3.05, 3.63) is 23.8 Å². The second-order valence-corrected chi connectivity index (χ2v) is 14.5. The second kappa shape index (κ2) is 8.66. The number of rotatable bonds is 6. The molecular formula is C32H52O4. The summed E-state index contributed by atoms with van der Waals surface area (Å²) in [4.78, 5) is 0. The van der Waals surface area contributed by atoms with Crippen molar-refractivity contribution in [1.29, 1.82) is 0 Å². The van der Waals surface area contributed by atoms with Crippen molar-refractivity contribution >= 4 is 0 Å². The zero-order valence-corrected chi connectivity index (χ0v) is 24.4. The van der Waals surface area contributed by atoms with Gasteiger partial charge >= 0.3 is 0 Å². The highest BCUT2D eigenvalue weighted by Crippen LogP contribution is 2.78. The number of hydrogen-bond donors (Lipinski definition) is 1. The van der Waals surface area contributed by atoms with Crippen molar-refractivity contribution in [3.8, 4) is 0 Å². The molecule has 1 N–H and O–H groups in total. The number of fused-ring (bicyclic) bond motifs is 2. The summed E-state index contributed by atoms with van der Waals surface area (Å²) in [5.74, 6) is 2.14. The van der Waals surface area contributed by atoms with Crippen molar-refractivity contribution in [1.82, 2.24) is 0 Å². The molecule has 1 spiro atoms. The molecule has 4 aliphatic carbocycles. The Hall–Kier alpha value is -0.680. The minimum atomic E-state index is -0.437. The summed E-state index contributed by atoms with van der Waals surface area (Å²) in [6, 6.07) is 0. The van der Waals surface area contributed by atoms with Crippen molar-refractivity contribution < 1.29 is 19.3 Å². The first-order chi connectivity index (χ1) is 16.8. The van der Waals surface area contributed by atoms with Gasteiger partial charge in [0.15, 0.2) is 6.29 Å². The fraction of sp³-hybridized carbons (Fsp3) is 0.875. The molecule has 3 saturated carbocycles. The van der Waals surface area contributed by atoms with E-state index in [0.29, 0.717) is 23.7 Å². The number of hydrogen-bond acceptors (Lipinski definition) is 4. The Balaban J connectivity index is 1.52. The molecule has 204 valence electrons. The number of ether oxygens (including phenoxy) is 3. The van der Waals surface area contributed by atoms with Crippen LogP contribution in [0.25, 0.3) is 0 Å². The summed E-state index contributed by atoms with van der Waals surface area (Å²) in [6.07, 6.45) is 14.8. The average molecular weight is 501 g/mol. The van der Waals surface area contributed by atoms with Crippen LogP contribution in [0.4, 0.5) is 0 Å².